The number of benzene rings is 1. The smallest absolute Gasteiger partial charge is 0.306 e. The molecule has 6 heteroatoms. The van der Waals surface area contributed by atoms with Crippen molar-refractivity contribution in [3.8, 4) is 5.75 Å². The Balaban J connectivity index is 1.74. The third-order valence-corrected chi connectivity index (χ3v) is 4.71. The highest BCUT2D eigenvalue weighted by molar-refractivity contribution is 5.83. The monoisotopic (exact) mass is 330 g/mol. The molecule has 24 heavy (non-hydrogen) atoms. The molecule has 3 rings (SSSR count). The Morgan fingerprint density at radius 3 is 2.79 bits per heavy atom. The number of nitrogens with zero attached hydrogens (tertiary/aromatic N) is 2. The number of β-amino-alcohol motifs (C(OH)–C–C–N with tert-alkyl or cyclic N) is 1. The van der Waals surface area contributed by atoms with Gasteiger partial charge in [0.05, 0.1) is 24.6 Å². The molecule has 2 N–H and O–H groups in total. The molecule has 0 radical (unpaired) electrons. The largest absolute Gasteiger partial charge is 0.497 e. The van der Waals surface area contributed by atoms with Crippen molar-refractivity contribution in [1.82, 2.24) is 9.88 Å². The standard InChI is InChI=1S/C18H22N2O4/c1-24-13-2-3-16-15(10-13)14(4-7-19-16)17(21)11-20-8-5-12(6-9-20)18(22)23/h2-4,7,10,12,17,21H,5-6,8-9,11H2,1H3,(H,22,23). The molecule has 6 nitrogen and oxygen atoms in total. The van der Waals surface area contributed by atoms with Gasteiger partial charge in [0.15, 0.2) is 0 Å². The van der Waals surface area contributed by atoms with Crippen LogP contribution in [-0.2, 0) is 4.79 Å². The van der Waals surface area contributed by atoms with Crippen molar-refractivity contribution in [3.63, 3.8) is 0 Å². The summed E-state index contributed by atoms with van der Waals surface area (Å²) in [6, 6.07) is 7.44. The summed E-state index contributed by atoms with van der Waals surface area (Å²) < 4.78 is 5.27. The number of rotatable bonds is 5. The number of carboxylic acids is 1. The maximum absolute atomic E-state index is 11.0. The molecule has 1 aromatic heterocycles. The second-order valence-electron chi connectivity index (χ2n) is 6.21. The summed E-state index contributed by atoms with van der Waals surface area (Å²) in [6.45, 7) is 1.88. The zero-order valence-corrected chi connectivity index (χ0v) is 13.7. The third kappa shape index (κ3) is 3.49. The maximum Gasteiger partial charge on any atom is 0.306 e. The van der Waals surface area contributed by atoms with Crippen molar-refractivity contribution < 1.29 is 19.7 Å². The summed E-state index contributed by atoms with van der Waals surface area (Å²) in [5, 5.41) is 20.6. The average Bonchev–Trinajstić information content (AvgIpc) is 2.61. The molecule has 0 aliphatic carbocycles. The zero-order chi connectivity index (χ0) is 17.1. The van der Waals surface area contributed by atoms with Crippen molar-refractivity contribution >= 4 is 16.9 Å². The quantitative estimate of drug-likeness (QED) is 0.873. The number of aliphatic carboxylic acids is 1. The van der Waals surface area contributed by atoms with E-state index in [0.29, 0.717) is 32.5 Å². The van der Waals surface area contributed by atoms with Gasteiger partial charge in [-0.15, -0.1) is 0 Å². The molecule has 0 amide bonds. The number of aliphatic hydroxyl groups excluding tert-OH is 1. The molecular formula is C18H22N2O4. The van der Waals surface area contributed by atoms with E-state index in [-0.39, 0.29) is 5.92 Å². The lowest BCUT2D eigenvalue weighted by molar-refractivity contribution is -0.143. The normalized spacial score (nSPS) is 17.8. The van der Waals surface area contributed by atoms with Crippen LogP contribution in [0, 0.1) is 5.92 Å². The maximum atomic E-state index is 11.0. The van der Waals surface area contributed by atoms with Crippen LogP contribution in [0.3, 0.4) is 0 Å². The Kier molecular flexibility index (Phi) is 4.97. The summed E-state index contributed by atoms with van der Waals surface area (Å²) in [7, 11) is 1.61. The van der Waals surface area contributed by atoms with Crippen molar-refractivity contribution in [3.05, 3.63) is 36.0 Å². The van der Waals surface area contributed by atoms with Gasteiger partial charge in [-0.3, -0.25) is 9.78 Å². The molecule has 2 heterocycles. The lowest BCUT2D eigenvalue weighted by atomic mass is 9.96. The summed E-state index contributed by atoms with van der Waals surface area (Å²) in [6.07, 6.45) is 2.31. The van der Waals surface area contributed by atoms with Crippen LogP contribution >= 0.6 is 0 Å². The molecule has 128 valence electrons. The lowest BCUT2D eigenvalue weighted by Crippen LogP contribution is -2.38. The Hall–Kier alpha value is -2.18. The minimum atomic E-state index is -0.720. The van der Waals surface area contributed by atoms with Gasteiger partial charge in [0.1, 0.15) is 5.75 Å². The number of hydrogen-bond acceptors (Lipinski definition) is 5. The fourth-order valence-corrected chi connectivity index (χ4v) is 3.27. The van der Waals surface area contributed by atoms with Crippen LogP contribution in [0.4, 0.5) is 0 Å². The van der Waals surface area contributed by atoms with Crippen LogP contribution < -0.4 is 4.74 Å². The number of fused-ring (bicyclic) bond motifs is 1. The predicted octanol–water partition coefficient (Wildman–Crippen LogP) is 2.07. The van der Waals surface area contributed by atoms with Gasteiger partial charge in [-0.1, -0.05) is 0 Å². The number of ether oxygens (including phenoxy) is 1. The molecule has 1 atom stereocenters. The second-order valence-corrected chi connectivity index (χ2v) is 6.21. The average molecular weight is 330 g/mol. The Bertz CT molecular complexity index is 726. The van der Waals surface area contributed by atoms with E-state index in [1.807, 2.05) is 24.3 Å². The van der Waals surface area contributed by atoms with Crippen LogP contribution in [0.15, 0.2) is 30.5 Å². The van der Waals surface area contributed by atoms with E-state index in [2.05, 4.69) is 9.88 Å². The molecule has 0 saturated carbocycles. The number of hydrogen-bond donors (Lipinski definition) is 2. The van der Waals surface area contributed by atoms with E-state index in [1.54, 1.807) is 13.3 Å². The highest BCUT2D eigenvalue weighted by atomic mass is 16.5. The van der Waals surface area contributed by atoms with E-state index in [1.165, 1.54) is 0 Å². The number of piperidine rings is 1. The van der Waals surface area contributed by atoms with Crippen LogP contribution in [0.5, 0.6) is 5.75 Å². The van der Waals surface area contributed by atoms with Gasteiger partial charge in [-0.2, -0.15) is 0 Å². The highest BCUT2D eigenvalue weighted by Gasteiger charge is 2.26. The molecule has 2 aromatic rings. The molecule has 1 unspecified atom stereocenters. The highest BCUT2D eigenvalue weighted by Crippen LogP contribution is 2.28. The Morgan fingerprint density at radius 1 is 1.38 bits per heavy atom. The molecular weight excluding hydrogens is 308 g/mol. The number of aliphatic hydroxyl groups is 1. The molecule has 1 aliphatic heterocycles. The number of likely N-dealkylation sites (tertiary alicyclic amines) is 1. The summed E-state index contributed by atoms with van der Waals surface area (Å²) in [4.78, 5) is 17.5. The summed E-state index contributed by atoms with van der Waals surface area (Å²) in [5.41, 5.74) is 1.64. The molecule has 1 fully saturated rings. The Labute approximate surface area is 140 Å². The van der Waals surface area contributed by atoms with Crippen molar-refractivity contribution in [1.29, 1.82) is 0 Å². The lowest BCUT2D eigenvalue weighted by Gasteiger charge is -2.31. The first-order valence-electron chi connectivity index (χ1n) is 8.14. The Morgan fingerprint density at radius 2 is 2.12 bits per heavy atom. The first-order valence-corrected chi connectivity index (χ1v) is 8.14. The van der Waals surface area contributed by atoms with E-state index in [0.717, 1.165) is 22.2 Å². The minimum absolute atomic E-state index is 0.260. The van der Waals surface area contributed by atoms with Crippen molar-refractivity contribution in [2.75, 3.05) is 26.7 Å². The second kappa shape index (κ2) is 7.15. The number of methoxy groups -OCH3 is 1. The molecule has 1 saturated heterocycles. The summed E-state index contributed by atoms with van der Waals surface area (Å²) >= 11 is 0. The number of aromatic nitrogens is 1. The first kappa shape index (κ1) is 16.7. The fourth-order valence-electron chi connectivity index (χ4n) is 3.27. The van der Waals surface area contributed by atoms with Crippen LogP contribution in [0.2, 0.25) is 0 Å². The first-order chi connectivity index (χ1) is 11.6. The van der Waals surface area contributed by atoms with Crippen LogP contribution in [-0.4, -0.2) is 52.8 Å². The fraction of sp³-hybridized carbons (Fsp3) is 0.444. The van der Waals surface area contributed by atoms with E-state index < -0.39 is 12.1 Å². The third-order valence-electron chi connectivity index (χ3n) is 4.71. The van der Waals surface area contributed by atoms with Crippen LogP contribution in [0.25, 0.3) is 10.9 Å². The molecule has 1 aliphatic rings. The topological polar surface area (TPSA) is 82.9 Å². The van der Waals surface area contributed by atoms with E-state index in [9.17, 15) is 9.90 Å². The van der Waals surface area contributed by atoms with Gasteiger partial charge in [0.25, 0.3) is 0 Å². The van der Waals surface area contributed by atoms with E-state index >= 15 is 0 Å². The van der Waals surface area contributed by atoms with Gasteiger partial charge in [0.2, 0.25) is 0 Å². The molecule has 0 spiro atoms. The van der Waals surface area contributed by atoms with Gasteiger partial charge in [0, 0.05) is 18.1 Å². The van der Waals surface area contributed by atoms with Gasteiger partial charge in [-0.25, -0.2) is 0 Å². The zero-order valence-electron chi connectivity index (χ0n) is 13.7. The number of carbonyl (C=O) groups is 1. The summed E-state index contributed by atoms with van der Waals surface area (Å²) in [5.74, 6) is -0.252. The molecule has 0 bridgehead atoms. The van der Waals surface area contributed by atoms with Gasteiger partial charge in [-0.05, 0) is 55.8 Å². The SMILES string of the molecule is COc1ccc2nccc(C(O)CN3CCC(C(=O)O)CC3)c2c1. The van der Waals surface area contributed by atoms with Crippen molar-refractivity contribution in [2.45, 2.75) is 18.9 Å². The van der Waals surface area contributed by atoms with Gasteiger partial charge < -0.3 is 19.8 Å². The van der Waals surface area contributed by atoms with Crippen LogP contribution in [0.1, 0.15) is 24.5 Å². The van der Waals surface area contributed by atoms with Gasteiger partial charge >= 0.3 is 5.97 Å². The predicted molar refractivity (Wildman–Crippen MR) is 90.1 cm³/mol. The molecule has 1 aromatic carbocycles. The number of pyridine rings is 1. The van der Waals surface area contributed by atoms with E-state index in [4.69, 9.17) is 9.84 Å². The number of carboxylic acid groups (broad SMARTS) is 1. The minimum Gasteiger partial charge on any atom is -0.497 e. The van der Waals surface area contributed by atoms with Crippen molar-refractivity contribution in [2.24, 2.45) is 5.92 Å².